The summed E-state index contributed by atoms with van der Waals surface area (Å²) in [5.74, 6) is 0. The van der Waals surface area contributed by atoms with Gasteiger partial charge in [-0.05, 0) is 19.8 Å². The van der Waals surface area contributed by atoms with Crippen LogP contribution in [0.3, 0.4) is 0 Å². The van der Waals surface area contributed by atoms with Crippen LogP contribution in [-0.2, 0) is 4.74 Å². The van der Waals surface area contributed by atoms with Crippen LogP contribution >= 0.6 is 0 Å². The molecule has 0 aliphatic carbocycles. The van der Waals surface area contributed by atoms with Crippen molar-refractivity contribution < 1.29 is 14.9 Å². The minimum Gasteiger partial charge on any atom is -0.395 e. The van der Waals surface area contributed by atoms with Gasteiger partial charge in [0.25, 0.3) is 0 Å². The summed E-state index contributed by atoms with van der Waals surface area (Å²) in [6.07, 6.45) is 2.89. The summed E-state index contributed by atoms with van der Waals surface area (Å²) in [7, 11) is 1.59. The van der Waals surface area contributed by atoms with E-state index in [4.69, 9.17) is 4.74 Å². The van der Waals surface area contributed by atoms with Gasteiger partial charge in [-0.3, -0.25) is 4.90 Å². The van der Waals surface area contributed by atoms with Crippen LogP contribution in [0.15, 0.2) is 0 Å². The number of piperidine rings is 1. The molecule has 0 aromatic heterocycles. The predicted molar refractivity (Wildman–Crippen MR) is 58.8 cm³/mol. The summed E-state index contributed by atoms with van der Waals surface area (Å²) in [6.45, 7) is 3.30. The smallest absolute Gasteiger partial charge is 0.0900 e. The monoisotopic (exact) mass is 217 g/mol. The highest BCUT2D eigenvalue weighted by Gasteiger charge is 2.28. The fourth-order valence-electron chi connectivity index (χ4n) is 2.35. The minimum atomic E-state index is -0.454. The molecule has 2 N–H and O–H groups in total. The summed E-state index contributed by atoms with van der Waals surface area (Å²) < 4.78 is 4.91. The Labute approximate surface area is 91.8 Å². The zero-order valence-electron chi connectivity index (χ0n) is 9.72. The zero-order valence-corrected chi connectivity index (χ0v) is 9.72. The first-order chi connectivity index (χ1) is 7.19. The molecule has 3 atom stereocenters. The molecular weight excluding hydrogens is 194 g/mol. The van der Waals surface area contributed by atoms with E-state index in [0.29, 0.717) is 19.2 Å². The lowest BCUT2D eigenvalue weighted by Crippen LogP contribution is -2.50. The number of likely N-dealkylation sites (tertiary alicyclic amines) is 1. The van der Waals surface area contributed by atoms with Gasteiger partial charge in [0.15, 0.2) is 0 Å². The van der Waals surface area contributed by atoms with E-state index in [-0.39, 0.29) is 12.6 Å². The van der Waals surface area contributed by atoms with Gasteiger partial charge in [0.05, 0.1) is 19.3 Å². The first-order valence-corrected chi connectivity index (χ1v) is 5.72. The first kappa shape index (κ1) is 12.9. The molecule has 0 aromatic rings. The molecule has 1 aliphatic heterocycles. The molecule has 4 nitrogen and oxygen atoms in total. The SMILES string of the molecule is COC[C@H](O)CN1[C@H](CO)CCC[C@@H]1C. The van der Waals surface area contributed by atoms with Crippen molar-refractivity contribution in [2.45, 2.75) is 44.4 Å². The highest BCUT2D eigenvalue weighted by Crippen LogP contribution is 2.22. The van der Waals surface area contributed by atoms with Crippen LogP contribution in [0.5, 0.6) is 0 Å². The van der Waals surface area contributed by atoms with E-state index in [0.717, 1.165) is 12.8 Å². The Hall–Kier alpha value is -0.160. The minimum absolute atomic E-state index is 0.185. The fraction of sp³-hybridized carbons (Fsp3) is 1.00. The molecule has 1 saturated heterocycles. The van der Waals surface area contributed by atoms with Crippen LogP contribution in [-0.4, -0.2) is 60.2 Å². The zero-order chi connectivity index (χ0) is 11.3. The normalized spacial score (nSPS) is 30.4. The maximum atomic E-state index is 9.68. The van der Waals surface area contributed by atoms with Crippen molar-refractivity contribution in [1.29, 1.82) is 0 Å². The molecule has 0 spiro atoms. The molecule has 4 heteroatoms. The van der Waals surface area contributed by atoms with Gasteiger partial charge in [-0.25, -0.2) is 0 Å². The Morgan fingerprint density at radius 1 is 1.47 bits per heavy atom. The summed E-state index contributed by atoms with van der Waals surface area (Å²) in [5.41, 5.74) is 0. The van der Waals surface area contributed by atoms with Crippen LogP contribution in [0.25, 0.3) is 0 Å². The fourth-order valence-corrected chi connectivity index (χ4v) is 2.35. The van der Waals surface area contributed by atoms with Crippen molar-refractivity contribution in [2.75, 3.05) is 26.9 Å². The highest BCUT2D eigenvalue weighted by atomic mass is 16.5. The molecule has 90 valence electrons. The number of β-amino-alcohol motifs (C(OH)–C–C–N with tert-alkyl or cyclic N) is 1. The van der Waals surface area contributed by atoms with Crippen LogP contribution < -0.4 is 0 Å². The number of hydrogen-bond donors (Lipinski definition) is 2. The molecule has 1 heterocycles. The van der Waals surface area contributed by atoms with Crippen molar-refractivity contribution >= 4 is 0 Å². The summed E-state index contributed by atoms with van der Waals surface area (Å²) in [4.78, 5) is 2.20. The summed E-state index contributed by atoms with van der Waals surface area (Å²) in [5, 5.41) is 19.0. The summed E-state index contributed by atoms with van der Waals surface area (Å²) >= 11 is 0. The van der Waals surface area contributed by atoms with Crippen molar-refractivity contribution in [3.05, 3.63) is 0 Å². The predicted octanol–water partition coefficient (Wildman–Crippen LogP) is 0.229. The van der Waals surface area contributed by atoms with Crippen LogP contribution in [0.4, 0.5) is 0 Å². The second kappa shape index (κ2) is 6.43. The standard InChI is InChI=1S/C11H23NO3/c1-9-4-3-5-10(7-13)12(9)6-11(14)8-15-2/h9-11,13-14H,3-8H2,1-2H3/t9-,10-,11+/m0/s1. The molecule has 1 aliphatic rings. The second-order valence-corrected chi connectivity index (χ2v) is 4.42. The molecule has 0 amide bonds. The van der Waals surface area contributed by atoms with E-state index >= 15 is 0 Å². The number of rotatable bonds is 5. The lowest BCUT2D eigenvalue weighted by molar-refractivity contribution is -0.0128. The molecule has 0 bridgehead atoms. The maximum Gasteiger partial charge on any atom is 0.0900 e. The highest BCUT2D eigenvalue weighted by molar-refractivity contribution is 4.83. The largest absolute Gasteiger partial charge is 0.395 e. The molecule has 0 saturated carbocycles. The van der Waals surface area contributed by atoms with Crippen molar-refractivity contribution in [3.8, 4) is 0 Å². The number of aliphatic hydroxyl groups is 2. The van der Waals surface area contributed by atoms with Crippen molar-refractivity contribution in [1.82, 2.24) is 4.90 Å². The van der Waals surface area contributed by atoms with Gasteiger partial charge >= 0.3 is 0 Å². The number of aliphatic hydroxyl groups excluding tert-OH is 2. The van der Waals surface area contributed by atoms with Gasteiger partial charge in [0, 0.05) is 25.7 Å². The topological polar surface area (TPSA) is 52.9 Å². The quantitative estimate of drug-likeness (QED) is 0.692. The van der Waals surface area contributed by atoms with Crippen LogP contribution in [0.1, 0.15) is 26.2 Å². The van der Waals surface area contributed by atoms with E-state index < -0.39 is 6.10 Å². The van der Waals surface area contributed by atoms with Gasteiger partial charge in [0.2, 0.25) is 0 Å². The van der Waals surface area contributed by atoms with Gasteiger partial charge in [-0.2, -0.15) is 0 Å². The Kier molecular flexibility index (Phi) is 5.53. The van der Waals surface area contributed by atoms with E-state index in [2.05, 4.69) is 11.8 Å². The third-order valence-electron chi connectivity index (χ3n) is 3.19. The third-order valence-corrected chi connectivity index (χ3v) is 3.19. The molecule has 1 fully saturated rings. The lowest BCUT2D eigenvalue weighted by atomic mass is 9.96. The molecule has 15 heavy (non-hydrogen) atoms. The average molecular weight is 217 g/mol. The number of hydrogen-bond acceptors (Lipinski definition) is 4. The van der Waals surface area contributed by atoms with Gasteiger partial charge in [-0.1, -0.05) is 6.42 Å². The number of nitrogens with zero attached hydrogens (tertiary/aromatic N) is 1. The number of methoxy groups -OCH3 is 1. The van der Waals surface area contributed by atoms with Gasteiger partial charge in [-0.15, -0.1) is 0 Å². The van der Waals surface area contributed by atoms with E-state index in [1.54, 1.807) is 7.11 Å². The van der Waals surface area contributed by atoms with Crippen molar-refractivity contribution in [2.24, 2.45) is 0 Å². The molecule has 1 rings (SSSR count). The average Bonchev–Trinajstić information content (AvgIpc) is 2.21. The van der Waals surface area contributed by atoms with Crippen LogP contribution in [0.2, 0.25) is 0 Å². The molecule has 0 radical (unpaired) electrons. The third kappa shape index (κ3) is 3.72. The lowest BCUT2D eigenvalue weighted by Gasteiger charge is -2.40. The molecule has 0 aromatic carbocycles. The van der Waals surface area contributed by atoms with E-state index in [9.17, 15) is 10.2 Å². The van der Waals surface area contributed by atoms with E-state index in [1.165, 1.54) is 6.42 Å². The molecular formula is C11H23NO3. The Bertz CT molecular complexity index is 177. The molecule has 0 unspecified atom stereocenters. The van der Waals surface area contributed by atoms with Crippen LogP contribution in [0, 0.1) is 0 Å². The Morgan fingerprint density at radius 3 is 2.80 bits per heavy atom. The van der Waals surface area contributed by atoms with Crippen molar-refractivity contribution in [3.63, 3.8) is 0 Å². The second-order valence-electron chi connectivity index (χ2n) is 4.42. The Morgan fingerprint density at radius 2 is 2.20 bits per heavy atom. The van der Waals surface area contributed by atoms with Gasteiger partial charge < -0.3 is 14.9 Å². The number of ether oxygens (including phenoxy) is 1. The summed E-state index contributed by atoms with van der Waals surface area (Å²) in [6, 6.07) is 0.655. The Balaban J connectivity index is 2.46. The van der Waals surface area contributed by atoms with Gasteiger partial charge in [0.1, 0.15) is 0 Å². The first-order valence-electron chi connectivity index (χ1n) is 5.72. The maximum absolute atomic E-state index is 9.68. The van der Waals surface area contributed by atoms with E-state index in [1.807, 2.05) is 0 Å².